The van der Waals surface area contributed by atoms with Crippen LogP contribution in [-0.2, 0) is 23.1 Å². The van der Waals surface area contributed by atoms with E-state index in [1.165, 1.54) is 19.2 Å². The number of nitrogens with zero attached hydrogens (tertiary/aromatic N) is 3. The molecule has 0 bridgehead atoms. The minimum Gasteiger partial charge on any atom is -0.464 e. The summed E-state index contributed by atoms with van der Waals surface area (Å²) >= 11 is 0. The van der Waals surface area contributed by atoms with E-state index in [-0.39, 0.29) is 31.0 Å². The van der Waals surface area contributed by atoms with Crippen LogP contribution in [0.2, 0.25) is 0 Å². The minimum atomic E-state index is -1.41. The zero-order chi connectivity index (χ0) is 26.5. The Balaban J connectivity index is 1.67. The first kappa shape index (κ1) is 25.5. The highest BCUT2D eigenvalue weighted by molar-refractivity contribution is 5.94. The van der Waals surface area contributed by atoms with Crippen LogP contribution in [0.4, 0.5) is 9.18 Å². The Morgan fingerprint density at radius 3 is 2.32 bits per heavy atom. The van der Waals surface area contributed by atoms with E-state index >= 15 is 0 Å². The van der Waals surface area contributed by atoms with E-state index in [9.17, 15) is 23.6 Å². The van der Waals surface area contributed by atoms with Crippen LogP contribution in [-0.4, -0.2) is 52.3 Å². The summed E-state index contributed by atoms with van der Waals surface area (Å²) in [6, 6.07) is 15.8. The Morgan fingerprint density at radius 1 is 1.03 bits per heavy atom. The number of alkyl halides is 1. The van der Waals surface area contributed by atoms with Crippen molar-refractivity contribution in [3.63, 3.8) is 0 Å². The summed E-state index contributed by atoms with van der Waals surface area (Å²) in [6.45, 7) is -0.319. The molecule has 0 aliphatic carbocycles. The molecular formula is C26H24FN3O7. The van der Waals surface area contributed by atoms with Crippen molar-refractivity contribution in [2.24, 2.45) is 7.05 Å². The van der Waals surface area contributed by atoms with Crippen molar-refractivity contribution in [1.82, 2.24) is 14.5 Å². The maximum Gasteiger partial charge on any atom is 0.410 e. The molecule has 1 aliphatic rings. The molecule has 192 valence electrons. The van der Waals surface area contributed by atoms with Crippen LogP contribution in [0.1, 0.15) is 44.7 Å². The number of aromatic nitrogens is 2. The highest BCUT2D eigenvalue weighted by atomic mass is 19.1. The third kappa shape index (κ3) is 5.50. The number of methoxy groups -OCH3 is 1. The topological polar surface area (TPSA) is 117 Å². The molecule has 1 amide bonds. The standard InChI is InChI=1S/C26H24FN3O7/c1-29-22(19-13-18(27)14-30(19)26(34)36-15-16-9-5-3-6-10-16)28-20(25(33)35-2)21(23(29)31)37-24(32)17-11-7-4-8-12-17/h3-12,18-19H,13-15H2,1-2H3. The van der Waals surface area contributed by atoms with Crippen LogP contribution in [0.15, 0.2) is 65.5 Å². The van der Waals surface area contributed by atoms with Gasteiger partial charge in [0, 0.05) is 13.5 Å². The normalized spacial score (nSPS) is 16.8. The fourth-order valence-electron chi connectivity index (χ4n) is 3.98. The number of benzene rings is 2. The zero-order valence-corrected chi connectivity index (χ0v) is 20.1. The highest BCUT2D eigenvalue weighted by Gasteiger charge is 2.41. The minimum absolute atomic E-state index is 0.0337. The summed E-state index contributed by atoms with van der Waals surface area (Å²) in [6.07, 6.45) is -2.39. The van der Waals surface area contributed by atoms with Crippen molar-refractivity contribution in [3.8, 4) is 5.75 Å². The number of esters is 2. The molecule has 2 aromatic carbocycles. The summed E-state index contributed by atoms with van der Waals surface area (Å²) in [5.41, 5.74) is -0.557. The third-order valence-corrected chi connectivity index (χ3v) is 5.85. The summed E-state index contributed by atoms with van der Waals surface area (Å²) in [7, 11) is 2.40. The Kier molecular flexibility index (Phi) is 7.61. The first-order valence-corrected chi connectivity index (χ1v) is 11.4. The van der Waals surface area contributed by atoms with E-state index in [0.717, 1.165) is 22.1 Å². The maximum absolute atomic E-state index is 14.5. The van der Waals surface area contributed by atoms with Crippen LogP contribution in [0, 0.1) is 0 Å². The molecule has 2 atom stereocenters. The summed E-state index contributed by atoms with van der Waals surface area (Å²) < 4.78 is 30.9. The van der Waals surface area contributed by atoms with Gasteiger partial charge in [-0.15, -0.1) is 0 Å². The zero-order valence-electron chi connectivity index (χ0n) is 20.1. The van der Waals surface area contributed by atoms with Gasteiger partial charge in [-0.1, -0.05) is 48.5 Å². The Morgan fingerprint density at radius 2 is 1.68 bits per heavy atom. The van der Waals surface area contributed by atoms with Gasteiger partial charge >= 0.3 is 18.0 Å². The average molecular weight is 509 g/mol. The van der Waals surface area contributed by atoms with E-state index in [4.69, 9.17) is 14.2 Å². The number of rotatable bonds is 6. The number of halogens is 1. The quantitative estimate of drug-likeness (QED) is 0.465. The number of carbonyl (C=O) groups excluding carboxylic acids is 3. The lowest BCUT2D eigenvalue weighted by atomic mass is 10.2. The number of hydrogen-bond acceptors (Lipinski definition) is 8. The number of amides is 1. The molecule has 4 rings (SSSR count). The first-order valence-electron chi connectivity index (χ1n) is 11.4. The van der Waals surface area contributed by atoms with Gasteiger partial charge < -0.3 is 14.2 Å². The summed E-state index contributed by atoms with van der Waals surface area (Å²) in [5, 5.41) is 0. The molecule has 2 unspecified atom stereocenters. The van der Waals surface area contributed by atoms with Gasteiger partial charge in [-0.25, -0.2) is 23.8 Å². The van der Waals surface area contributed by atoms with Gasteiger partial charge in [-0.3, -0.25) is 14.3 Å². The molecule has 0 N–H and O–H groups in total. The molecule has 11 heteroatoms. The van der Waals surface area contributed by atoms with Crippen molar-refractivity contribution < 1.29 is 33.0 Å². The van der Waals surface area contributed by atoms with Gasteiger partial charge in [0.15, 0.2) is 5.69 Å². The SMILES string of the molecule is COC(=O)c1nc(C2CC(F)CN2C(=O)OCc2ccccc2)n(C)c(=O)c1OC(=O)c1ccccc1. The third-order valence-electron chi connectivity index (χ3n) is 5.85. The van der Waals surface area contributed by atoms with Gasteiger partial charge in [-0.2, -0.15) is 0 Å². The van der Waals surface area contributed by atoms with Gasteiger partial charge in [0.05, 0.1) is 25.3 Å². The Bertz CT molecular complexity index is 1360. The van der Waals surface area contributed by atoms with Gasteiger partial charge in [0.25, 0.3) is 5.56 Å². The second kappa shape index (κ2) is 11.0. The van der Waals surface area contributed by atoms with Crippen molar-refractivity contribution in [2.45, 2.75) is 25.2 Å². The van der Waals surface area contributed by atoms with Gasteiger partial charge in [0.2, 0.25) is 5.75 Å². The molecule has 2 heterocycles. The largest absolute Gasteiger partial charge is 0.464 e. The molecular weight excluding hydrogens is 485 g/mol. The maximum atomic E-state index is 14.5. The summed E-state index contributed by atoms with van der Waals surface area (Å²) in [4.78, 5) is 56.5. The Labute approximate surface area is 211 Å². The molecule has 0 spiro atoms. The fraction of sp³-hybridized carbons (Fsp3) is 0.269. The van der Waals surface area contributed by atoms with Crippen molar-refractivity contribution in [3.05, 3.63) is 93.7 Å². The van der Waals surface area contributed by atoms with Crippen LogP contribution in [0.3, 0.4) is 0 Å². The van der Waals surface area contributed by atoms with Crippen molar-refractivity contribution in [2.75, 3.05) is 13.7 Å². The van der Waals surface area contributed by atoms with Crippen LogP contribution >= 0.6 is 0 Å². The molecule has 1 aromatic heterocycles. The smallest absolute Gasteiger partial charge is 0.410 e. The Hall–Kier alpha value is -4.54. The number of likely N-dealkylation sites (tertiary alicyclic amines) is 1. The predicted octanol–water partition coefficient (Wildman–Crippen LogP) is 3.21. The lowest BCUT2D eigenvalue weighted by molar-refractivity contribution is 0.0582. The van der Waals surface area contributed by atoms with Gasteiger partial charge in [0.1, 0.15) is 18.6 Å². The highest BCUT2D eigenvalue weighted by Crippen LogP contribution is 2.33. The van der Waals surface area contributed by atoms with Gasteiger partial charge in [-0.05, 0) is 17.7 Å². The van der Waals surface area contributed by atoms with Crippen LogP contribution in [0.5, 0.6) is 5.75 Å². The molecule has 3 aromatic rings. The van der Waals surface area contributed by atoms with Crippen LogP contribution < -0.4 is 10.3 Å². The van der Waals surface area contributed by atoms with E-state index in [1.807, 2.05) is 6.07 Å². The number of carbonyl (C=O) groups is 3. The molecule has 1 fully saturated rings. The molecule has 10 nitrogen and oxygen atoms in total. The molecule has 0 radical (unpaired) electrons. The number of ether oxygens (including phenoxy) is 3. The number of hydrogen-bond donors (Lipinski definition) is 0. The van der Waals surface area contributed by atoms with Crippen molar-refractivity contribution in [1.29, 1.82) is 0 Å². The second-order valence-electron chi connectivity index (χ2n) is 8.30. The van der Waals surface area contributed by atoms with E-state index in [2.05, 4.69) is 4.98 Å². The van der Waals surface area contributed by atoms with E-state index < -0.39 is 47.2 Å². The van der Waals surface area contributed by atoms with E-state index in [1.54, 1.807) is 42.5 Å². The van der Waals surface area contributed by atoms with E-state index in [0.29, 0.717) is 0 Å². The van der Waals surface area contributed by atoms with Crippen LogP contribution in [0.25, 0.3) is 0 Å². The molecule has 1 aliphatic heterocycles. The lowest BCUT2D eigenvalue weighted by Gasteiger charge is -2.25. The second-order valence-corrected chi connectivity index (χ2v) is 8.30. The molecule has 1 saturated heterocycles. The summed E-state index contributed by atoms with van der Waals surface area (Å²) in [5.74, 6) is -2.64. The average Bonchev–Trinajstić information content (AvgIpc) is 3.32. The fourth-order valence-corrected chi connectivity index (χ4v) is 3.98. The van der Waals surface area contributed by atoms with Crippen molar-refractivity contribution >= 4 is 18.0 Å². The molecule has 37 heavy (non-hydrogen) atoms. The monoisotopic (exact) mass is 509 g/mol. The lowest BCUT2D eigenvalue weighted by Crippen LogP contribution is -2.37. The molecule has 0 saturated carbocycles. The first-order chi connectivity index (χ1) is 17.8. The predicted molar refractivity (Wildman–Crippen MR) is 128 cm³/mol.